The highest BCUT2D eigenvalue weighted by Gasteiger charge is 2.27. The van der Waals surface area contributed by atoms with E-state index in [1.165, 1.54) is 12.3 Å². The number of rotatable bonds is 10. The van der Waals surface area contributed by atoms with Gasteiger partial charge in [0.05, 0.1) is 10.4 Å². The van der Waals surface area contributed by atoms with Crippen LogP contribution in [-0.4, -0.2) is 31.2 Å². The molecule has 0 aliphatic carbocycles. The highest BCUT2D eigenvalue weighted by molar-refractivity contribution is 7.90. The van der Waals surface area contributed by atoms with Gasteiger partial charge in [-0.15, -0.1) is 0 Å². The van der Waals surface area contributed by atoms with E-state index in [1.807, 2.05) is 0 Å². The van der Waals surface area contributed by atoms with Gasteiger partial charge in [-0.3, -0.25) is 0 Å². The molecule has 9 heteroatoms. The Labute approximate surface area is 170 Å². The molecular weight excluding hydrogens is 400 g/mol. The third-order valence-electron chi connectivity index (χ3n) is 4.14. The van der Waals surface area contributed by atoms with Gasteiger partial charge in [0.25, 0.3) is 0 Å². The summed E-state index contributed by atoms with van der Waals surface area (Å²) in [5.41, 5.74) is 0.588. The van der Waals surface area contributed by atoms with Crippen LogP contribution in [-0.2, 0) is 10.0 Å². The van der Waals surface area contributed by atoms with Crippen molar-refractivity contribution >= 4 is 15.7 Å². The van der Waals surface area contributed by atoms with Gasteiger partial charge in [0.1, 0.15) is 5.82 Å². The van der Waals surface area contributed by atoms with Crippen molar-refractivity contribution in [3.63, 3.8) is 0 Å². The van der Waals surface area contributed by atoms with Gasteiger partial charge in [0.2, 0.25) is 15.9 Å². The fourth-order valence-electron chi connectivity index (χ4n) is 2.34. The lowest BCUT2D eigenvalue weighted by Gasteiger charge is -2.19. The molecule has 6 nitrogen and oxygen atoms in total. The molecule has 1 heterocycles. The van der Waals surface area contributed by atoms with Crippen molar-refractivity contribution in [1.82, 2.24) is 9.71 Å². The van der Waals surface area contributed by atoms with E-state index in [-0.39, 0.29) is 11.6 Å². The molecule has 2 aromatic rings. The van der Waals surface area contributed by atoms with E-state index in [0.717, 1.165) is 25.0 Å². The Kier molecular flexibility index (Phi) is 7.92. The predicted molar refractivity (Wildman–Crippen MR) is 110 cm³/mol. The smallest absolute Gasteiger partial charge is 0.242 e. The summed E-state index contributed by atoms with van der Waals surface area (Å²) in [6.07, 6.45) is 3.86. The summed E-state index contributed by atoms with van der Waals surface area (Å²) in [5, 5.41) is 3.17. The first-order valence-electron chi connectivity index (χ1n) is 9.41. The van der Waals surface area contributed by atoms with E-state index in [4.69, 9.17) is 4.74 Å². The highest BCUT2D eigenvalue weighted by Crippen LogP contribution is 2.29. The monoisotopic (exact) mass is 427 g/mol. The maximum atomic E-state index is 13.8. The number of benzene rings is 1. The zero-order valence-electron chi connectivity index (χ0n) is 16.8. The van der Waals surface area contributed by atoms with Crippen LogP contribution in [0.1, 0.15) is 40.0 Å². The molecule has 1 aromatic carbocycles. The number of halogens is 2. The van der Waals surface area contributed by atoms with E-state index in [9.17, 15) is 17.2 Å². The Morgan fingerprint density at radius 1 is 1.07 bits per heavy atom. The van der Waals surface area contributed by atoms with Crippen molar-refractivity contribution in [2.45, 2.75) is 44.8 Å². The molecule has 0 aliphatic heterocycles. The van der Waals surface area contributed by atoms with E-state index in [1.54, 1.807) is 32.9 Å². The first kappa shape index (κ1) is 23.0. The van der Waals surface area contributed by atoms with Crippen LogP contribution in [0.3, 0.4) is 0 Å². The fourth-order valence-corrected chi connectivity index (χ4v) is 3.19. The number of anilines is 1. The molecule has 1 aromatic heterocycles. The summed E-state index contributed by atoms with van der Waals surface area (Å²) in [7, 11) is -3.32. The first-order chi connectivity index (χ1) is 13.6. The summed E-state index contributed by atoms with van der Waals surface area (Å²) in [5.74, 6) is -1.41. The number of hydrogen-bond donors (Lipinski definition) is 2. The highest BCUT2D eigenvalue weighted by atomic mass is 32.2. The number of nitrogens with zero attached hydrogens (tertiary/aromatic N) is 1. The second kappa shape index (κ2) is 9.98. The third kappa shape index (κ3) is 6.93. The van der Waals surface area contributed by atoms with Crippen LogP contribution in [0.15, 0.2) is 36.5 Å². The molecular formula is C20H27F2N3O3S. The van der Waals surface area contributed by atoms with Crippen molar-refractivity contribution in [1.29, 1.82) is 0 Å². The van der Waals surface area contributed by atoms with Crippen molar-refractivity contribution in [3.05, 3.63) is 48.2 Å². The Bertz CT molecular complexity index is 915. The summed E-state index contributed by atoms with van der Waals surface area (Å²) in [4.78, 5) is 4.09. The minimum atomic E-state index is -3.32. The van der Waals surface area contributed by atoms with Crippen LogP contribution in [0.25, 0.3) is 0 Å². The molecule has 0 atom stereocenters. The van der Waals surface area contributed by atoms with Gasteiger partial charge in [0.15, 0.2) is 11.6 Å². The second-order valence-electron chi connectivity index (χ2n) is 7.53. The van der Waals surface area contributed by atoms with Crippen LogP contribution in [0.5, 0.6) is 11.6 Å². The van der Waals surface area contributed by atoms with Crippen LogP contribution in [0.2, 0.25) is 0 Å². The first-order valence-corrected chi connectivity index (χ1v) is 10.9. The number of hydrogen-bond acceptors (Lipinski definition) is 5. The summed E-state index contributed by atoms with van der Waals surface area (Å²) < 4.78 is 58.0. The van der Waals surface area contributed by atoms with Gasteiger partial charge in [-0.25, -0.2) is 26.9 Å². The molecule has 2 N–H and O–H groups in total. The zero-order chi connectivity index (χ0) is 21.5. The largest absolute Gasteiger partial charge is 0.434 e. The lowest BCUT2D eigenvalue weighted by molar-refractivity contribution is 0.425. The second-order valence-corrected chi connectivity index (χ2v) is 10.1. The molecule has 0 fully saturated rings. The van der Waals surface area contributed by atoms with Gasteiger partial charge in [0, 0.05) is 25.4 Å². The van der Waals surface area contributed by atoms with Crippen molar-refractivity contribution in [2.24, 2.45) is 0 Å². The fraction of sp³-hybridized carbons (Fsp3) is 0.450. The number of nitrogens with one attached hydrogen (secondary N) is 2. The number of sulfonamides is 1. The molecule has 0 unspecified atom stereocenters. The minimum absolute atomic E-state index is 0.112. The molecule has 0 saturated heterocycles. The van der Waals surface area contributed by atoms with Crippen molar-refractivity contribution in [2.75, 3.05) is 18.4 Å². The zero-order valence-corrected chi connectivity index (χ0v) is 17.7. The van der Waals surface area contributed by atoms with E-state index < -0.39 is 26.4 Å². The number of unbranched alkanes of at least 4 members (excludes halogenated alkanes) is 2. The van der Waals surface area contributed by atoms with E-state index >= 15 is 0 Å². The average Bonchev–Trinajstić information content (AvgIpc) is 2.63. The van der Waals surface area contributed by atoms with Gasteiger partial charge < -0.3 is 10.1 Å². The molecule has 0 saturated carbocycles. The molecule has 0 radical (unpaired) electrons. The molecule has 2 rings (SSSR count). The molecule has 0 aliphatic rings. The Hall–Kier alpha value is -2.26. The lowest BCUT2D eigenvalue weighted by Crippen LogP contribution is -2.39. The summed E-state index contributed by atoms with van der Waals surface area (Å²) in [6, 6.07) is 6.54. The number of ether oxygens (including phenoxy) is 1. The lowest BCUT2D eigenvalue weighted by atomic mass is 10.2. The van der Waals surface area contributed by atoms with E-state index in [2.05, 4.69) is 15.0 Å². The summed E-state index contributed by atoms with van der Waals surface area (Å²) >= 11 is 0. The van der Waals surface area contributed by atoms with Gasteiger partial charge >= 0.3 is 0 Å². The maximum Gasteiger partial charge on any atom is 0.242 e. The van der Waals surface area contributed by atoms with Crippen molar-refractivity contribution in [3.8, 4) is 11.6 Å². The predicted octanol–water partition coefficient (Wildman–Crippen LogP) is 4.45. The number of pyridine rings is 1. The molecule has 0 bridgehead atoms. The van der Waals surface area contributed by atoms with Crippen molar-refractivity contribution < 1.29 is 21.9 Å². The van der Waals surface area contributed by atoms with Gasteiger partial charge in [-0.2, -0.15) is 0 Å². The normalized spacial score (nSPS) is 12.0. The molecule has 160 valence electrons. The van der Waals surface area contributed by atoms with Gasteiger partial charge in [-0.05, 0) is 57.9 Å². The Morgan fingerprint density at radius 3 is 2.48 bits per heavy atom. The third-order valence-corrected chi connectivity index (χ3v) is 6.34. The quantitative estimate of drug-likeness (QED) is 0.548. The molecule has 0 amide bonds. The standard InChI is InChI=1S/C20H27F2N3O3S/c1-20(2,3)29(26,27)25-13-6-4-5-11-23-17-8-7-12-24-19(17)28-18-10-9-15(21)14-16(18)22/h7-10,12,14,23,25H,4-6,11,13H2,1-3H3. The van der Waals surface area contributed by atoms with Crippen LogP contribution in [0, 0.1) is 11.6 Å². The SMILES string of the molecule is CC(C)(C)S(=O)(=O)NCCCCCNc1cccnc1Oc1ccc(F)cc1F. The Balaban J connectivity index is 1.79. The van der Waals surface area contributed by atoms with Crippen LogP contribution >= 0.6 is 0 Å². The van der Waals surface area contributed by atoms with Gasteiger partial charge in [-0.1, -0.05) is 6.42 Å². The van der Waals surface area contributed by atoms with Crippen LogP contribution in [0.4, 0.5) is 14.5 Å². The maximum absolute atomic E-state index is 13.8. The minimum Gasteiger partial charge on any atom is -0.434 e. The average molecular weight is 428 g/mol. The van der Waals surface area contributed by atoms with Crippen LogP contribution < -0.4 is 14.8 Å². The number of aromatic nitrogens is 1. The Morgan fingerprint density at radius 2 is 1.79 bits per heavy atom. The summed E-state index contributed by atoms with van der Waals surface area (Å²) in [6.45, 7) is 5.98. The molecule has 29 heavy (non-hydrogen) atoms. The topological polar surface area (TPSA) is 80.3 Å². The van der Waals surface area contributed by atoms with E-state index in [0.29, 0.717) is 25.2 Å². The molecule has 0 spiro atoms.